The second-order valence-corrected chi connectivity index (χ2v) is 6.32. The number of carbonyl (C=O) groups excluding carboxylic acids is 2. The fourth-order valence-corrected chi connectivity index (χ4v) is 2.55. The molecule has 3 rings (SSSR count). The van der Waals surface area contributed by atoms with Gasteiger partial charge in [0.2, 0.25) is 0 Å². The van der Waals surface area contributed by atoms with Gasteiger partial charge in [0.25, 0.3) is 11.8 Å². The zero-order chi connectivity index (χ0) is 22.1. The van der Waals surface area contributed by atoms with Gasteiger partial charge in [-0.15, -0.1) is 0 Å². The van der Waals surface area contributed by atoms with Crippen LogP contribution in [-0.4, -0.2) is 25.0 Å². The molecule has 0 saturated heterocycles. The molecule has 31 heavy (non-hydrogen) atoms. The predicted octanol–water partition coefficient (Wildman–Crippen LogP) is 2.97. The number of nitriles is 1. The number of carbonyl (C=O) groups is 2. The topological polar surface area (TPSA) is 100 Å². The molecule has 0 atom stereocenters. The van der Waals surface area contributed by atoms with E-state index in [9.17, 15) is 14.0 Å². The predicted molar refractivity (Wildman–Crippen MR) is 110 cm³/mol. The van der Waals surface area contributed by atoms with E-state index < -0.39 is 24.2 Å². The Labute approximate surface area is 178 Å². The van der Waals surface area contributed by atoms with Gasteiger partial charge in [0.15, 0.2) is 24.8 Å². The molecule has 156 valence electrons. The average molecular weight is 419 g/mol. The minimum absolute atomic E-state index is 0.0586. The van der Waals surface area contributed by atoms with Crippen LogP contribution in [0, 0.1) is 17.1 Å². The lowest BCUT2D eigenvalue weighted by atomic mass is 10.0. The van der Waals surface area contributed by atoms with Crippen molar-refractivity contribution in [1.82, 2.24) is 10.9 Å². The van der Waals surface area contributed by atoms with E-state index in [0.29, 0.717) is 11.3 Å². The normalized spacial score (nSPS) is 9.94. The lowest BCUT2D eigenvalue weighted by molar-refractivity contribution is -0.131. The third kappa shape index (κ3) is 6.30. The van der Waals surface area contributed by atoms with E-state index in [1.807, 2.05) is 24.3 Å². The van der Waals surface area contributed by atoms with Gasteiger partial charge in [-0.2, -0.15) is 5.26 Å². The maximum absolute atomic E-state index is 13.4. The number of nitrogens with one attached hydrogen (secondary N) is 2. The van der Waals surface area contributed by atoms with Gasteiger partial charge in [-0.1, -0.05) is 36.4 Å². The molecule has 0 aromatic heterocycles. The highest BCUT2D eigenvalue weighted by molar-refractivity contribution is 5.83. The molecular formula is C23H18FN3O4. The number of hydrogen-bond donors (Lipinski definition) is 2. The lowest BCUT2D eigenvalue weighted by Crippen LogP contribution is -2.45. The Kier molecular flexibility index (Phi) is 7.16. The average Bonchev–Trinajstić information content (AvgIpc) is 2.81. The maximum atomic E-state index is 13.4. The summed E-state index contributed by atoms with van der Waals surface area (Å²) < 4.78 is 23.8. The summed E-state index contributed by atoms with van der Waals surface area (Å²) in [5.74, 6) is -1.39. The molecule has 3 aromatic rings. The van der Waals surface area contributed by atoms with E-state index in [-0.39, 0.29) is 12.4 Å². The first-order valence-corrected chi connectivity index (χ1v) is 9.23. The van der Waals surface area contributed by atoms with Crippen LogP contribution in [0.15, 0.2) is 72.8 Å². The van der Waals surface area contributed by atoms with E-state index in [1.165, 1.54) is 18.2 Å². The first-order chi connectivity index (χ1) is 15.0. The molecule has 0 fully saturated rings. The van der Waals surface area contributed by atoms with Gasteiger partial charge in [-0.3, -0.25) is 20.4 Å². The highest BCUT2D eigenvalue weighted by atomic mass is 19.1. The van der Waals surface area contributed by atoms with Crippen molar-refractivity contribution in [2.24, 2.45) is 0 Å². The Hall–Kier alpha value is -4.38. The standard InChI is InChI=1S/C23H18FN3O4/c24-20-3-1-2-4-21(20)31-15-23(29)27-26-22(28)14-30-19-11-9-18(10-12-19)17-7-5-16(13-25)6-8-17/h1-12H,14-15H2,(H,26,28)(H,27,29). The molecular weight excluding hydrogens is 401 g/mol. The molecule has 8 heteroatoms. The monoisotopic (exact) mass is 419 g/mol. The Morgan fingerprint density at radius 2 is 1.35 bits per heavy atom. The Morgan fingerprint density at radius 1 is 0.806 bits per heavy atom. The van der Waals surface area contributed by atoms with E-state index >= 15 is 0 Å². The van der Waals surface area contributed by atoms with Crippen molar-refractivity contribution in [3.63, 3.8) is 0 Å². The zero-order valence-electron chi connectivity index (χ0n) is 16.3. The van der Waals surface area contributed by atoms with Crippen LogP contribution in [0.3, 0.4) is 0 Å². The molecule has 0 saturated carbocycles. The van der Waals surface area contributed by atoms with Crippen molar-refractivity contribution in [3.8, 4) is 28.7 Å². The van der Waals surface area contributed by atoms with Crippen molar-refractivity contribution in [3.05, 3.63) is 84.2 Å². The summed E-state index contributed by atoms with van der Waals surface area (Å²) in [4.78, 5) is 23.5. The van der Waals surface area contributed by atoms with E-state index in [2.05, 4.69) is 16.9 Å². The molecule has 0 aliphatic carbocycles. The number of rotatable bonds is 7. The van der Waals surface area contributed by atoms with Crippen LogP contribution in [0.1, 0.15) is 5.56 Å². The largest absolute Gasteiger partial charge is 0.484 e. The van der Waals surface area contributed by atoms with Crippen LogP contribution in [0.25, 0.3) is 11.1 Å². The number of para-hydroxylation sites is 1. The van der Waals surface area contributed by atoms with Gasteiger partial charge in [0, 0.05) is 0 Å². The van der Waals surface area contributed by atoms with E-state index in [0.717, 1.165) is 11.1 Å². The molecule has 0 unspecified atom stereocenters. The summed E-state index contributed by atoms with van der Waals surface area (Å²) in [5, 5.41) is 8.85. The summed E-state index contributed by atoms with van der Waals surface area (Å²) >= 11 is 0. The van der Waals surface area contributed by atoms with Gasteiger partial charge in [-0.25, -0.2) is 4.39 Å². The Balaban J connectivity index is 1.40. The number of benzene rings is 3. The van der Waals surface area contributed by atoms with Crippen LogP contribution >= 0.6 is 0 Å². The quantitative estimate of drug-likeness (QED) is 0.574. The molecule has 7 nitrogen and oxygen atoms in total. The highest BCUT2D eigenvalue weighted by Gasteiger charge is 2.08. The third-order valence-corrected chi connectivity index (χ3v) is 4.11. The van der Waals surface area contributed by atoms with E-state index in [4.69, 9.17) is 14.7 Å². The summed E-state index contributed by atoms with van der Waals surface area (Å²) in [7, 11) is 0. The minimum Gasteiger partial charge on any atom is -0.484 e. The molecule has 2 N–H and O–H groups in total. The number of halogens is 1. The van der Waals surface area contributed by atoms with Gasteiger partial charge in [0.05, 0.1) is 11.6 Å². The van der Waals surface area contributed by atoms with Crippen LogP contribution in [0.5, 0.6) is 11.5 Å². The zero-order valence-corrected chi connectivity index (χ0v) is 16.3. The summed E-state index contributed by atoms with van der Waals surface area (Å²) in [5.41, 5.74) is 6.81. The van der Waals surface area contributed by atoms with Crippen molar-refractivity contribution >= 4 is 11.8 Å². The molecule has 3 aromatic carbocycles. The first-order valence-electron chi connectivity index (χ1n) is 9.23. The summed E-state index contributed by atoms with van der Waals surface area (Å²) in [6, 6.07) is 22.0. The molecule has 0 bridgehead atoms. The van der Waals surface area contributed by atoms with Crippen molar-refractivity contribution in [2.45, 2.75) is 0 Å². The number of hydrogen-bond acceptors (Lipinski definition) is 5. The minimum atomic E-state index is -0.650. The molecule has 0 spiro atoms. The van der Waals surface area contributed by atoms with Crippen LogP contribution in [0.2, 0.25) is 0 Å². The summed E-state index contributed by atoms with van der Waals surface area (Å²) in [6.07, 6.45) is 0. The smallest absolute Gasteiger partial charge is 0.276 e. The number of amides is 2. The van der Waals surface area contributed by atoms with Crippen LogP contribution in [0.4, 0.5) is 4.39 Å². The third-order valence-electron chi connectivity index (χ3n) is 4.11. The van der Waals surface area contributed by atoms with Crippen LogP contribution < -0.4 is 20.3 Å². The Bertz CT molecular complexity index is 1090. The summed E-state index contributed by atoms with van der Waals surface area (Å²) in [6.45, 7) is -0.774. The molecule has 0 heterocycles. The number of ether oxygens (including phenoxy) is 2. The van der Waals surface area contributed by atoms with Crippen molar-refractivity contribution in [1.29, 1.82) is 5.26 Å². The first kappa shape index (κ1) is 21.3. The SMILES string of the molecule is N#Cc1ccc(-c2ccc(OCC(=O)NNC(=O)COc3ccccc3F)cc2)cc1. The maximum Gasteiger partial charge on any atom is 0.276 e. The fraction of sp³-hybridized carbons (Fsp3) is 0.0870. The molecule has 0 aliphatic rings. The molecule has 2 amide bonds. The van der Waals surface area contributed by atoms with E-state index in [1.54, 1.807) is 30.3 Å². The molecule has 0 radical (unpaired) electrons. The number of hydrazine groups is 1. The second kappa shape index (κ2) is 10.4. The lowest BCUT2D eigenvalue weighted by Gasteiger charge is -2.10. The second-order valence-electron chi connectivity index (χ2n) is 6.32. The Morgan fingerprint density at radius 3 is 1.94 bits per heavy atom. The van der Waals surface area contributed by atoms with Gasteiger partial charge in [-0.05, 0) is 47.5 Å². The van der Waals surface area contributed by atoms with Crippen molar-refractivity contribution < 1.29 is 23.5 Å². The van der Waals surface area contributed by atoms with Gasteiger partial charge >= 0.3 is 0 Å². The molecule has 0 aliphatic heterocycles. The van der Waals surface area contributed by atoms with Gasteiger partial charge < -0.3 is 9.47 Å². The number of nitrogens with zero attached hydrogens (tertiary/aromatic N) is 1. The fourth-order valence-electron chi connectivity index (χ4n) is 2.55. The van der Waals surface area contributed by atoms with Crippen LogP contribution in [-0.2, 0) is 9.59 Å². The highest BCUT2D eigenvalue weighted by Crippen LogP contribution is 2.22. The van der Waals surface area contributed by atoms with Gasteiger partial charge in [0.1, 0.15) is 5.75 Å². The van der Waals surface area contributed by atoms with Crippen molar-refractivity contribution in [2.75, 3.05) is 13.2 Å².